The molecule has 2 N–H and O–H groups in total. The molecular formula is C25H27N5O3. The molecule has 4 rings (SSSR count). The number of nitrogens with zero attached hydrogens (tertiary/aromatic N) is 4. The van der Waals surface area contributed by atoms with Gasteiger partial charge in [0.25, 0.3) is 0 Å². The van der Waals surface area contributed by atoms with E-state index in [9.17, 15) is 9.90 Å². The molecule has 3 atom stereocenters. The molecule has 8 nitrogen and oxygen atoms in total. The van der Waals surface area contributed by atoms with Crippen LogP contribution in [0.2, 0.25) is 0 Å². The van der Waals surface area contributed by atoms with Gasteiger partial charge in [-0.1, -0.05) is 0 Å². The molecule has 2 amide bonds. The maximum atomic E-state index is 12.7. The number of aliphatic hydroxyl groups excluding tert-OH is 1. The van der Waals surface area contributed by atoms with E-state index in [4.69, 9.17) is 15.3 Å². The van der Waals surface area contributed by atoms with Crippen LogP contribution in [0.25, 0.3) is 0 Å². The number of hydrogen-bond acceptors (Lipinski definition) is 6. The Hall–Kier alpha value is -3.59. The minimum atomic E-state index is -0.616. The zero-order valence-corrected chi connectivity index (χ0v) is 18.4. The number of amides is 2. The van der Waals surface area contributed by atoms with Gasteiger partial charge < -0.3 is 20.1 Å². The lowest BCUT2D eigenvalue weighted by Gasteiger charge is -2.46. The molecule has 2 saturated heterocycles. The number of rotatable bonds is 6. The molecule has 0 spiro atoms. The highest BCUT2D eigenvalue weighted by atomic mass is 16.5. The van der Waals surface area contributed by atoms with Crippen LogP contribution in [0.1, 0.15) is 17.5 Å². The molecule has 2 heterocycles. The van der Waals surface area contributed by atoms with Crippen molar-refractivity contribution >= 4 is 11.7 Å². The summed E-state index contributed by atoms with van der Waals surface area (Å²) >= 11 is 0. The Morgan fingerprint density at radius 3 is 2.15 bits per heavy atom. The number of urea groups is 1. The van der Waals surface area contributed by atoms with Crippen LogP contribution in [0.4, 0.5) is 10.5 Å². The first-order chi connectivity index (χ1) is 16.0. The van der Waals surface area contributed by atoms with Crippen molar-refractivity contribution in [3.63, 3.8) is 0 Å². The predicted octanol–water partition coefficient (Wildman–Crippen LogP) is 2.66. The average Bonchev–Trinajstić information content (AvgIpc) is 2.83. The third-order valence-corrected chi connectivity index (χ3v) is 6.10. The quantitative estimate of drug-likeness (QED) is 0.707. The van der Waals surface area contributed by atoms with Gasteiger partial charge in [-0.3, -0.25) is 4.90 Å². The maximum absolute atomic E-state index is 12.7. The van der Waals surface area contributed by atoms with Gasteiger partial charge in [0.05, 0.1) is 23.3 Å². The summed E-state index contributed by atoms with van der Waals surface area (Å²) in [4.78, 5) is 16.9. The first-order valence-electron chi connectivity index (χ1n) is 11.1. The van der Waals surface area contributed by atoms with Crippen molar-refractivity contribution in [3.05, 3.63) is 59.7 Å². The highest BCUT2D eigenvalue weighted by Gasteiger charge is 2.36. The number of anilines is 1. The molecule has 8 heteroatoms. The number of likely N-dealkylation sites (tertiary alicyclic amines) is 2. The number of nitrogens with one attached hydrogen (secondary N) is 1. The van der Waals surface area contributed by atoms with Gasteiger partial charge in [-0.2, -0.15) is 10.5 Å². The van der Waals surface area contributed by atoms with Crippen LogP contribution in [0.3, 0.4) is 0 Å². The second kappa shape index (κ2) is 10.4. The van der Waals surface area contributed by atoms with Gasteiger partial charge in [0.2, 0.25) is 0 Å². The van der Waals surface area contributed by atoms with Gasteiger partial charge in [0.15, 0.2) is 0 Å². The van der Waals surface area contributed by atoms with Gasteiger partial charge in [-0.15, -0.1) is 0 Å². The van der Waals surface area contributed by atoms with Crippen molar-refractivity contribution in [1.82, 2.24) is 9.80 Å². The summed E-state index contributed by atoms with van der Waals surface area (Å²) < 4.78 is 5.66. The Morgan fingerprint density at radius 1 is 1.00 bits per heavy atom. The molecule has 2 aromatic rings. The van der Waals surface area contributed by atoms with Gasteiger partial charge in [0.1, 0.15) is 18.5 Å². The van der Waals surface area contributed by atoms with Crippen molar-refractivity contribution in [2.75, 3.05) is 44.6 Å². The molecule has 0 radical (unpaired) electrons. The summed E-state index contributed by atoms with van der Waals surface area (Å²) in [5, 5.41) is 31.1. The van der Waals surface area contributed by atoms with Crippen LogP contribution in [0.15, 0.2) is 48.5 Å². The van der Waals surface area contributed by atoms with Crippen molar-refractivity contribution < 1.29 is 14.6 Å². The Bertz CT molecular complexity index is 1030. The molecule has 170 valence electrons. The van der Waals surface area contributed by atoms with E-state index >= 15 is 0 Å². The molecule has 0 aliphatic carbocycles. The van der Waals surface area contributed by atoms with Gasteiger partial charge in [-0.25, -0.2) is 4.79 Å². The zero-order valence-electron chi connectivity index (χ0n) is 18.4. The van der Waals surface area contributed by atoms with Crippen LogP contribution in [-0.2, 0) is 0 Å². The third kappa shape index (κ3) is 6.01. The monoisotopic (exact) mass is 445 g/mol. The number of fused-ring (bicyclic) bond motifs is 2. The van der Waals surface area contributed by atoms with Crippen molar-refractivity contribution in [1.29, 1.82) is 10.5 Å². The number of carbonyl (C=O) groups is 1. The fourth-order valence-electron chi connectivity index (χ4n) is 4.70. The summed E-state index contributed by atoms with van der Waals surface area (Å²) in [6, 6.07) is 17.7. The summed E-state index contributed by atoms with van der Waals surface area (Å²) in [5.74, 6) is 1.37. The SMILES string of the molecule is N#Cc1ccc(NC(=O)N2CC3CC(CN(CC(O)COc4ccc(C#N)cc4)C3)C2)cc1. The molecule has 2 aliphatic rings. The van der Waals surface area contributed by atoms with E-state index in [0.717, 1.165) is 19.5 Å². The lowest BCUT2D eigenvalue weighted by molar-refractivity contribution is 0.0105. The van der Waals surface area contributed by atoms with Crippen LogP contribution in [0.5, 0.6) is 5.75 Å². The lowest BCUT2D eigenvalue weighted by atomic mass is 9.84. The first kappa shape index (κ1) is 22.6. The number of nitriles is 2. The van der Waals surface area contributed by atoms with Crippen LogP contribution in [-0.4, -0.2) is 66.4 Å². The fraction of sp³-hybridized carbons (Fsp3) is 0.400. The van der Waals surface area contributed by atoms with E-state index in [1.54, 1.807) is 48.5 Å². The van der Waals surface area contributed by atoms with E-state index in [0.29, 0.717) is 54.0 Å². The van der Waals surface area contributed by atoms with E-state index in [1.165, 1.54) is 0 Å². The third-order valence-electron chi connectivity index (χ3n) is 6.10. The highest BCUT2D eigenvalue weighted by Crippen LogP contribution is 2.29. The molecule has 2 fully saturated rings. The molecule has 2 bridgehead atoms. The number of β-amino-alcohol motifs (C(OH)–C–C–N with tert-alkyl or cyclic N) is 1. The Labute approximate surface area is 193 Å². The van der Waals surface area contributed by atoms with E-state index in [-0.39, 0.29) is 12.6 Å². The Kier molecular flexibility index (Phi) is 7.09. The van der Waals surface area contributed by atoms with Crippen molar-refractivity contribution in [2.45, 2.75) is 12.5 Å². The second-order valence-electron chi connectivity index (χ2n) is 8.81. The molecule has 33 heavy (non-hydrogen) atoms. The average molecular weight is 446 g/mol. The molecule has 2 aliphatic heterocycles. The smallest absolute Gasteiger partial charge is 0.321 e. The Balaban J connectivity index is 1.23. The van der Waals surface area contributed by atoms with E-state index < -0.39 is 6.10 Å². The standard InChI is InChI=1S/C25H27N5O3/c26-10-18-1-5-22(6-2-18)28-25(32)30-14-20-9-21(15-30)13-29(12-20)16-23(31)17-33-24-7-3-19(11-27)4-8-24/h1-8,20-21,23,31H,9,12-17H2,(H,28,32). The number of ether oxygens (including phenoxy) is 1. The summed E-state index contributed by atoms with van der Waals surface area (Å²) in [6.07, 6.45) is 0.477. The number of hydrogen-bond donors (Lipinski definition) is 2. The number of aliphatic hydroxyl groups is 1. The van der Waals surface area contributed by atoms with Gasteiger partial charge in [0, 0.05) is 38.4 Å². The van der Waals surface area contributed by atoms with Crippen LogP contribution in [0, 0.1) is 34.5 Å². The zero-order chi connectivity index (χ0) is 23.2. The summed E-state index contributed by atoms with van der Waals surface area (Å²) in [6.45, 7) is 3.77. The predicted molar refractivity (Wildman–Crippen MR) is 122 cm³/mol. The molecule has 0 aromatic heterocycles. The van der Waals surface area contributed by atoms with Crippen LogP contribution >= 0.6 is 0 Å². The number of carbonyl (C=O) groups excluding carboxylic acids is 1. The normalized spacial score (nSPS) is 20.9. The highest BCUT2D eigenvalue weighted by molar-refractivity contribution is 5.89. The molecule has 3 unspecified atom stereocenters. The van der Waals surface area contributed by atoms with Gasteiger partial charge in [-0.05, 0) is 66.8 Å². The maximum Gasteiger partial charge on any atom is 0.321 e. The summed E-state index contributed by atoms with van der Waals surface area (Å²) in [7, 11) is 0. The van der Waals surface area contributed by atoms with E-state index in [1.807, 2.05) is 4.90 Å². The minimum absolute atomic E-state index is 0.112. The fourth-order valence-corrected chi connectivity index (χ4v) is 4.70. The number of piperidine rings is 2. The Morgan fingerprint density at radius 2 is 1.58 bits per heavy atom. The molecule has 0 saturated carbocycles. The molecular weight excluding hydrogens is 418 g/mol. The van der Waals surface area contributed by atoms with Crippen molar-refractivity contribution in [2.24, 2.45) is 11.8 Å². The van der Waals surface area contributed by atoms with E-state index in [2.05, 4.69) is 22.4 Å². The van der Waals surface area contributed by atoms with Crippen molar-refractivity contribution in [3.8, 4) is 17.9 Å². The largest absolute Gasteiger partial charge is 0.491 e. The molecule has 2 aromatic carbocycles. The lowest BCUT2D eigenvalue weighted by Crippen LogP contribution is -2.56. The van der Waals surface area contributed by atoms with Crippen LogP contribution < -0.4 is 10.1 Å². The minimum Gasteiger partial charge on any atom is -0.491 e. The number of benzene rings is 2. The second-order valence-corrected chi connectivity index (χ2v) is 8.81. The topological polar surface area (TPSA) is 113 Å². The first-order valence-corrected chi connectivity index (χ1v) is 11.1. The van der Waals surface area contributed by atoms with Gasteiger partial charge >= 0.3 is 6.03 Å². The summed E-state index contributed by atoms with van der Waals surface area (Å²) in [5.41, 5.74) is 1.81.